The molecule has 0 bridgehead atoms. The average molecular weight is 340 g/mol. The molecule has 1 aliphatic heterocycles. The van der Waals surface area contributed by atoms with Crippen LogP contribution in [0.15, 0.2) is 18.2 Å². The van der Waals surface area contributed by atoms with Crippen LogP contribution in [0.1, 0.15) is 50.5 Å². The van der Waals surface area contributed by atoms with Crippen molar-refractivity contribution < 1.29 is 4.74 Å². The molecule has 1 unspecified atom stereocenters. The third kappa shape index (κ3) is 3.58. The first-order chi connectivity index (χ1) is 10.7. The van der Waals surface area contributed by atoms with E-state index in [0.29, 0.717) is 12.6 Å². The maximum absolute atomic E-state index is 6.51. The van der Waals surface area contributed by atoms with E-state index < -0.39 is 0 Å². The number of nitrogens with two attached hydrogens (primary N) is 1. The van der Waals surface area contributed by atoms with Gasteiger partial charge in [0.1, 0.15) is 11.9 Å². The predicted octanol–water partition coefficient (Wildman–Crippen LogP) is 4.78. The molecule has 2 nitrogen and oxygen atoms in total. The minimum atomic E-state index is 0.126. The molecule has 1 saturated carbocycles. The molecule has 1 saturated heterocycles. The molecule has 0 amide bonds. The first-order valence-electron chi connectivity index (χ1n) is 8.48. The highest BCUT2D eigenvalue weighted by molar-refractivity contribution is 7.99. The quantitative estimate of drug-likeness (QED) is 0.857. The number of benzene rings is 1. The van der Waals surface area contributed by atoms with Gasteiger partial charge in [-0.3, -0.25) is 0 Å². The molecule has 122 valence electrons. The van der Waals surface area contributed by atoms with E-state index in [0.717, 1.165) is 22.9 Å². The standard InChI is InChI=1S/C18H26ClNOS/c19-16-11-14(18(13-20)8-2-1-3-9-18)6-7-17(16)21-15-5-4-10-22-12-15/h6-7,11,15H,1-5,8-10,12-13,20H2. The number of ether oxygens (including phenoxy) is 1. The second kappa shape index (κ2) is 7.46. The second-order valence-corrected chi connectivity index (χ2v) is 8.20. The van der Waals surface area contributed by atoms with Gasteiger partial charge in [0.05, 0.1) is 5.02 Å². The lowest BCUT2D eigenvalue weighted by molar-refractivity contribution is 0.211. The zero-order valence-electron chi connectivity index (χ0n) is 13.2. The van der Waals surface area contributed by atoms with Crippen LogP contribution in [0.4, 0.5) is 0 Å². The van der Waals surface area contributed by atoms with E-state index in [-0.39, 0.29) is 5.41 Å². The van der Waals surface area contributed by atoms with Crippen LogP contribution in [0.5, 0.6) is 5.75 Å². The van der Waals surface area contributed by atoms with Crippen LogP contribution in [-0.4, -0.2) is 24.2 Å². The van der Waals surface area contributed by atoms with Crippen LogP contribution < -0.4 is 10.5 Å². The van der Waals surface area contributed by atoms with E-state index in [2.05, 4.69) is 18.2 Å². The fourth-order valence-corrected chi connectivity index (χ4v) is 5.01. The van der Waals surface area contributed by atoms with Gasteiger partial charge in [-0.05, 0) is 49.1 Å². The van der Waals surface area contributed by atoms with Crippen LogP contribution in [-0.2, 0) is 5.41 Å². The number of hydrogen-bond donors (Lipinski definition) is 1. The van der Waals surface area contributed by atoms with Crippen molar-refractivity contribution in [2.45, 2.75) is 56.5 Å². The van der Waals surface area contributed by atoms with E-state index in [1.54, 1.807) is 0 Å². The van der Waals surface area contributed by atoms with E-state index in [1.165, 1.54) is 49.8 Å². The van der Waals surface area contributed by atoms with Crippen LogP contribution in [0.2, 0.25) is 5.02 Å². The van der Waals surface area contributed by atoms with Crippen LogP contribution in [0, 0.1) is 0 Å². The van der Waals surface area contributed by atoms with Crippen molar-refractivity contribution in [1.82, 2.24) is 0 Å². The average Bonchev–Trinajstić information content (AvgIpc) is 2.58. The van der Waals surface area contributed by atoms with Gasteiger partial charge in [-0.2, -0.15) is 11.8 Å². The number of hydrogen-bond acceptors (Lipinski definition) is 3. The lowest BCUT2D eigenvalue weighted by atomic mass is 9.69. The zero-order chi connectivity index (χ0) is 15.4. The number of rotatable bonds is 4. The van der Waals surface area contributed by atoms with E-state index in [9.17, 15) is 0 Å². The van der Waals surface area contributed by atoms with Crippen molar-refractivity contribution in [3.8, 4) is 5.75 Å². The zero-order valence-corrected chi connectivity index (χ0v) is 14.7. The third-order valence-corrected chi connectivity index (χ3v) is 6.64. The van der Waals surface area contributed by atoms with Crippen molar-refractivity contribution in [3.63, 3.8) is 0 Å². The monoisotopic (exact) mass is 339 g/mol. The highest BCUT2D eigenvalue weighted by Crippen LogP contribution is 2.41. The summed E-state index contributed by atoms with van der Waals surface area (Å²) >= 11 is 8.49. The van der Waals surface area contributed by atoms with Crippen LogP contribution in [0.25, 0.3) is 0 Å². The Bertz CT molecular complexity index is 496. The largest absolute Gasteiger partial charge is 0.488 e. The SMILES string of the molecule is NCC1(c2ccc(OC3CCCSC3)c(Cl)c2)CCCCC1. The van der Waals surface area contributed by atoms with Gasteiger partial charge in [0.15, 0.2) is 0 Å². The first kappa shape index (κ1) is 16.5. The molecule has 2 fully saturated rings. The Balaban J connectivity index is 1.76. The predicted molar refractivity (Wildman–Crippen MR) is 96.2 cm³/mol. The normalized spacial score (nSPS) is 24.9. The summed E-state index contributed by atoms with van der Waals surface area (Å²) in [5.74, 6) is 3.16. The fraction of sp³-hybridized carbons (Fsp3) is 0.667. The summed E-state index contributed by atoms with van der Waals surface area (Å²) in [6.45, 7) is 0.711. The van der Waals surface area contributed by atoms with E-state index in [4.69, 9.17) is 22.1 Å². The molecule has 0 radical (unpaired) electrons. The molecular weight excluding hydrogens is 314 g/mol. The Hall–Kier alpha value is -0.380. The van der Waals surface area contributed by atoms with Crippen LogP contribution >= 0.6 is 23.4 Å². The fourth-order valence-electron chi connectivity index (χ4n) is 3.75. The smallest absolute Gasteiger partial charge is 0.138 e. The van der Waals surface area contributed by atoms with Gasteiger partial charge in [-0.25, -0.2) is 0 Å². The Morgan fingerprint density at radius 3 is 2.68 bits per heavy atom. The van der Waals surface area contributed by atoms with Crippen molar-refractivity contribution >= 4 is 23.4 Å². The lowest BCUT2D eigenvalue weighted by Gasteiger charge is -2.37. The third-order valence-electron chi connectivity index (χ3n) is 5.16. The maximum atomic E-state index is 6.51. The molecule has 2 N–H and O–H groups in total. The molecule has 22 heavy (non-hydrogen) atoms. The molecule has 0 aromatic heterocycles. The maximum Gasteiger partial charge on any atom is 0.138 e. The van der Waals surface area contributed by atoms with Gasteiger partial charge in [0.2, 0.25) is 0 Å². The van der Waals surface area contributed by atoms with Gasteiger partial charge in [-0.15, -0.1) is 0 Å². The molecule has 2 aliphatic rings. The summed E-state index contributed by atoms with van der Waals surface area (Å²) in [7, 11) is 0. The van der Waals surface area contributed by atoms with Gasteiger partial charge in [0, 0.05) is 17.7 Å². The van der Waals surface area contributed by atoms with Crippen molar-refractivity contribution in [3.05, 3.63) is 28.8 Å². The van der Waals surface area contributed by atoms with E-state index in [1.807, 2.05) is 11.8 Å². The Labute approximate surface area is 143 Å². The minimum Gasteiger partial charge on any atom is -0.488 e. The summed E-state index contributed by atoms with van der Waals surface area (Å²) < 4.78 is 6.11. The van der Waals surface area contributed by atoms with Gasteiger partial charge >= 0.3 is 0 Å². The van der Waals surface area contributed by atoms with Crippen molar-refractivity contribution in [2.24, 2.45) is 5.73 Å². The number of thioether (sulfide) groups is 1. The lowest BCUT2D eigenvalue weighted by Crippen LogP contribution is -2.37. The molecule has 4 heteroatoms. The topological polar surface area (TPSA) is 35.2 Å². The highest BCUT2D eigenvalue weighted by Gasteiger charge is 2.33. The summed E-state index contributed by atoms with van der Waals surface area (Å²) in [6, 6.07) is 6.35. The molecule has 1 heterocycles. The molecule has 1 aromatic carbocycles. The Morgan fingerprint density at radius 2 is 2.05 bits per heavy atom. The van der Waals surface area contributed by atoms with Crippen molar-refractivity contribution in [2.75, 3.05) is 18.1 Å². The molecule has 3 rings (SSSR count). The molecule has 0 spiro atoms. The molecule has 1 aliphatic carbocycles. The van der Waals surface area contributed by atoms with Gasteiger partial charge in [-0.1, -0.05) is 36.9 Å². The molecular formula is C18H26ClNOS. The van der Waals surface area contributed by atoms with Gasteiger partial charge < -0.3 is 10.5 Å². The van der Waals surface area contributed by atoms with Crippen molar-refractivity contribution in [1.29, 1.82) is 0 Å². The highest BCUT2D eigenvalue weighted by atomic mass is 35.5. The van der Waals surface area contributed by atoms with E-state index >= 15 is 0 Å². The van der Waals surface area contributed by atoms with Gasteiger partial charge in [0.25, 0.3) is 0 Å². The summed E-state index contributed by atoms with van der Waals surface area (Å²) in [4.78, 5) is 0. The second-order valence-electron chi connectivity index (χ2n) is 6.65. The Morgan fingerprint density at radius 1 is 1.23 bits per heavy atom. The number of halogens is 1. The molecule has 1 atom stereocenters. The minimum absolute atomic E-state index is 0.126. The summed E-state index contributed by atoms with van der Waals surface area (Å²) in [5, 5.41) is 0.742. The summed E-state index contributed by atoms with van der Waals surface area (Å²) in [6.07, 6.45) is 8.91. The van der Waals surface area contributed by atoms with Crippen LogP contribution in [0.3, 0.4) is 0 Å². The molecule has 1 aromatic rings. The summed E-state index contributed by atoms with van der Waals surface area (Å²) in [5.41, 5.74) is 7.55. The first-order valence-corrected chi connectivity index (χ1v) is 10.0. The Kier molecular flexibility index (Phi) is 5.59.